The molecule has 2 aliphatic carbocycles. The summed E-state index contributed by atoms with van der Waals surface area (Å²) in [5.41, 5.74) is 0. The van der Waals surface area contributed by atoms with Gasteiger partial charge in [-0.3, -0.25) is 0 Å². The third-order valence-electron chi connectivity index (χ3n) is 4.79. The molecule has 0 aromatic heterocycles. The highest BCUT2D eigenvalue weighted by Gasteiger charge is 2.13. The molecule has 4 heteroatoms. The van der Waals surface area contributed by atoms with Gasteiger partial charge in [0.1, 0.15) is 0 Å². The predicted molar refractivity (Wildman–Crippen MR) is 110 cm³/mol. The molecule has 0 saturated heterocycles. The summed E-state index contributed by atoms with van der Waals surface area (Å²) in [6, 6.07) is 0. The first-order valence-corrected chi connectivity index (χ1v) is 11.2. The summed E-state index contributed by atoms with van der Waals surface area (Å²) in [6.45, 7) is 0. The highest BCUT2D eigenvalue weighted by molar-refractivity contribution is 8.93. The van der Waals surface area contributed by atoms with Crippen LogP contribution in [0.3, 0.4) is 0 Å². The average molecular weight is 448 g/mol. The Morgan fingerprint density at radius 2 is 0.900 bits per heavy atom. The van der Waals surface area contributed by atoms with Crippen LogP contribution < -0.4 is 0 Å². The molecule has 2 saturated carbocycles. The van der Waals surface area contributed by atoms with Crippen LogP contribution >= 0.6 is 51.1 Å². The molecule has 0 aromatic carbocycles. The van der Waals surface area contributed by atoms with E-state index >= 15 is 0 Å². The lowest BCUT2D eigenvalue weighted by molar-refractivity contribution is 0.389. The van der Waals surface area contributed by atoms with Crippen LogP contribution in [0.15, 0.2) is 0 Å². The van der Waals surface area contributed by atoms with Gasteiger partial charge in [-0.25, -0.2) is 0 Å². The molecule has 0 radical (unpaired) electrons. The molecule has 2 unspecified atom stereocenters. The van der Waals surface area contributed by atoms with E-state index in [-0.39, 0.29) is 34.0 Å². The van der Waals surface area contributed by atoms with Gasteiger partial charge < -0.3 is 0 Å². The number of halogens is 2. The lowest BCUT2D eigenvalue weighted by Gasteiger charge is -2.22. The predicted octanol–water partition coefficient (Wildman–Crippen LogP) is 6.66. The van der Waals surface area contributed by atoms with E-state index in [4.69, 9.17) is 0 Å². The van der Waals surface area contributed by atoms with Crippen LogP contribution in [-0.2, 0) is 0 Å². The maximum absolute atomic E-state index is 1.58. The quantitative estimate of drug-likeness (QED) is 0.302. The summed E-state index contributed by atoms with van der Waals surface area (Å²) in [7, 11) is 2.58. The summed E-state index contributed by atoms with van der Waals surface area (Å²) in [5.74, 6) is 2.25. The molecule has 122 valence electrons. The molecule has 2 rings (SSSR count). The first-order chi connectivity index (χ1) is 8.95. The van der Waals surface area contributed by atoms with Crippen LogP contribution in [0, 0.1) is 11.8 Å². The largest absolute Gasteiger partial charge is 0.121 e. The van der Waals surface area contributed by atoms with Crippen molar-refractivity contribution in [3.05, 3.63) is 0 Å². The van der Waals surface area contributed by atoms with Crippen LogP contribution in [0.5, 0.6) is 0 Å². The van der Waals surface area contributed by atoms with Crippen LogP contribution in [0.2, 0.25) is 0 Å². The number of hydrogen-bond acceptors (Lipinski definition) is 0. The Hall–Kier alpha value is 1.82. The zero-order valence-corrected chi connectivity index (χ0v) is 18.3. The van der Waals surface area contributed by atoms with E-state index in [0.717, 1.165) is 11.8 Å². The smallest absolute Gasteiger partial charge is 0.0316 e. The van der Waals surface area contributed by atoms with Crippen molar-refractivity contribution >= 4 is 51.1 Å². The van der Waals surface area contributed by atoms with Crippen molar-refractivity contribution in [2.75, 3.05) is 24.6 Å². The van der Waals surface area contributed by atoms with Crippen molar-refractivity contribution in [2.45, 2.75) is 64.2 Å². The normalized spacial score (nSPS) is 22.2. The number of hydrogen-bond donors (Lipinski definition) is 0. The third kappa shape index (κ3) is 9.76. The molecule has 0 spiro atoms. The average Bonchev–Trinajstić information content (AvgIpc) is 2.45. The van der Waals surface area contributed by atoms with Gasteiger partial charge in [0.15, 0.2) is 0 Å². The van der Waals surface area contributed by atoms with Crippen molar-refractivity contribution in [2.24, 2.45) is 11.8 Å². The highest BCUT2D eigenvalue weighted by atomic mass is 79.9. The Labute approximate surface area is 151 Å². The van der Waals surface area contributed by atoms with E-state index in [1.807, 2.05) is 0 Å². The Kier molecular flexibility index (Phi) is 15.7. The molecule has 20 heavy (non-hydrogen) atoms. The Balaban J connectivity index is 0.00000180. The Morgan fingerprint density at radius 3 is 1.25 bits per heavy atom. The van der Waals surface area contributed by atoms with E-state index < -0.39 is 0 Å². The van der Waals surface area contributed by atoms with Gasteiger partial charge >= 0.3 is 0 Å². The van der Waals surface area contributed by atoms with Crippen molar-refractivity contribution < 1.29 is 0 Å². The third-order valence-corrected chi connectivity index (χ3v) is 8.23. The zero-order valence-electron chi connectivity index (χ0n) is 12.9. The molecule has 0 nitrogen and oxygen atoms in total. The summed E-state index contributed by atoms with van der Waals surface area (Å²) < 4.78 is 0. The van der Waals surface area contributed by atoms with E-state index in [2.05, 4.69) is 0 Å². The molecule has 0 N–H and O–H groups in total. The Bertz CT molecular complexity index is 181. The Morgan fingerprint density at radius 1 is 0.550 bits per heavy atom. The standard InChI is InChI=1S/C16H32P2.2BrH/c1-3-7-15(8-4-1)13-17-11-12-18-14-16-9-5-2-6-10-16;;/h15-18H,1-14H2;2*1H. The van der Waals surface area contributed by atoms with E-state index in [9.17, 15) is 0 Å². The SMILES string of the molecule is Br.Br.C1CCC(CPCCPCC2CCCCC2)CC1. The fraction of sp³-hybridized carbons (Fsp3) is 1.00. The van der Waals surface area contributed by atoms with Crippen LogP contribution in [0.4, 0.5) is 0 Å². The van der Waals surface area contributed by atoms with Gasteiger partial charge in [-0.15, -0.1) is 51.1 Å². The van der Waals surface area contributed by atoms with Crippen molar-refractivity contribution in [3.63, 3.8) is 0 Å². The van der Waals surface area contributed by atoms with Crippen molar-refractivity contribution in [1.29, 1.82) is 0 Å². The van der Waals surface area contributed by atoms with Crippen LogP contribution in [0.25, 0.3) is 0 Å². The topological polar surface area (TPSA) is 0 Å². The van der Waals surface area contributed by atoms with E-state index in [1.54, 1.807) is 50.3 Å². The fourth-order valence-corrected chi connectivity index (χ4v) is 7.03. The molecule has 2 fully saturated rings. The molecular weight excluding hydrogens is 414 g/mol. The molecule has 2 atom stereocenters. The summed E-state index contributed by atoms with van der Waals surface area (Å²) >= 11 is 0. The van der Waals surface area contributed by atoms with Crippen molar-refractivity contribution in [3.8, 4) is 0 Å². The summed E-state index contributed by atoms with van der Waals surface area (Å²) in [5, 5.41) is 0. The van der Waals surface area contributed by atoms with Crippen LogP contribution in [0.1, 0.15) is 64.2 Å². The molecule has 0 bridgehead atoms. The molecular formula is C16H34Br2P2. The fourth-order valence-electron chi connectivity index (χ4n) is 3.57. The second-order valence-electron chi connectivity index (χ2n) is 6.42. The molecule has 0 heterocycles. The molecule has 0 amide bonds. The second-order valence-corrected chi connectivity index (χ2v) is 9.23. The number of rotatable bonds is 7. The second kappa shape index (κ2) is 14.4. The lowest BCUT2D eigenvalue weighted by atomic mass is 9.91. The monoisotopic (exact) mass is 446 g/mol. The highest BCUT2D eigenvalue weighted by Crippen LogP contribution is 2.32. The van der Waals surface area contributed by atoms with Gasteiger partial charge in [0, 0.05) is 0 Å². The minimum Gasteiger partial charge on any atom is -0.121 e. The van der Waals surface area contributed by atoms with E-state index in [1.165, 1.54) is 55.7 Å². The minimum atomic E-state index is 0. The van der Waals surface area contributed by atoms with Crippen LogP contribution in [-0.4, -0.2) is 24.6 Å². The van der Waals surface area contributed by atoms with Gasteiger partial charge in [-0.2, -0.15) is 0 Å². The lowest BCUT2D eigenvalue weighted by Crippen LogP contribution is -2.09. The maximum Gasteiger partial charge on any atom is -0.0316 e. The van der Waals surface area contributed by atoms with Gasteiger partial charge in [0.2, 0.25) is 0 Å². The molecule has 2 aliphatic rings. The van der Waals surface area contributed by atoms with Crippen molar-refractivity contribution in [1.82, 2.24) is 0 Å². The molecule has 0 aliphatic heterocycles. The summed E-state index contributed by atoms with van der Waals surface area (Å²) in [6.07, 6.45) is 21.6. The van der Waals surface area contributed by atoms with Gasteiger partial charge in [0.05, 0.1) is 0 Å². The maximum atomic E-state index is 1.58. The van der Waals surface area contributed by atoms with Gasteiger partial charge in [-0.05, 0) is 36.5 Å². The molecule has 0 aromatic rings. The van der Waals surface area contributed by atoms with Gasteiger partial charge in [-0.1, -0.05) is 64.2 Å². The van der Waals surface area contributed by atoms with E-state index in [0.29, 0.717) is 0 Å². The zero-order chi connectivity index (χ0) is 12.5. The first-order valence-electron chi connectivity index (χ1n) is 8.36. The van der Waals surface area contributed by atoms with Gasteiger partial charge in [0.25, 0.3) is 0 Å². The minimum absolute atomic E-state index is 0. The first kappa shape index (κ1) is 21.8. The summed E-state index contributed by atoms with van der Waals surface area (Å²) in [4.78, 5) is 0.